The topological polar surface area (TPSA) is 35.8 Å². The summed E-state index contributed by atoms with van der Waals surface area (Å²) < 4.78 is 12.9. The second-order valence-corrected chi connectivity index (χ2v) is 4.31. The molecule has 0 aromatic heterocycles. The van der Waals surface area contributed by atoms with Gasteiger partial charge in [0.25, 0.3) is 0 Å². The van der Waals surface area contributed by atoms with Crippen LogP contribution in [0.15, 0.2) is 18.2 Å². The molecule has 84 valence electrons. The maximum Gasteiger partial charge on any atom is 0.124 e. The van der Waals surface area contributed by atoms with Gasteiger partial charge in [0.15, 0.2) is 0 Å². The Labute approximate surface area is 95.1 Å². The lowest BCUT2D eigenvalue weighted by atomic mass is 10.1. The van der Waals surface area contributed by atoms with Crippen molar-refractivity contribution in [3.63, 3.8) is 0 Å². The molecule has 3 heteroatoms. The highest BCUT2D eigenvalue weighted by atomic mass is 19.1. The van der Waals surface area contributed by atoms with Crippen LogP contribution in [0.3, 0.4) is 0 Å². The maximum atomic E-state index is 12.9. The van der Waals surface area contributed by atoms with Gasteiger partial charge in [-0.3, -0.25) is 0 Å². The molecule has 0 spiro atoms. The molecule has 1 aliphatic rings. The fraction of sp³-hybridized carbons (Fsp3) is 0.462. The fourth-order valence-electron chi connectivity index (χ4n) is 1.78. The predicted octanol–water partition coefficient (Wildman–Crippen LogP) is 3.30. The summed E-state index contributed by atoms with van der Waals surface area (Å²) >= 11 is 0. The Morgan fingerprint density at radius 2 is 2.25 bits per heavy atom. The zero-order chi connectivity index (χ0) is 11.4. The molecular formula is C13H15FN2. The van der Waals surface area contributed by atoms with Crippen LogP contribution in [0.1, 0.15) is 31.2 Å². The Morgan fingerprint density at radius 3 is 2.94 bits per heavy atom. The molecule has 16 heavy (non-hydrogen) atoms. The van der Waals surface area contributed by atoms with E-state index in [2.05, 4.69) is 5.32 Å². The van der Waals surface area contributed by atoms with Crippen molar-refractivity contribution >= 4 is 5.69 Å². The Bertz CT molecular complexity index is 405. The van der Waals surface area contributed by atoms with Gasteiger partial charge >= 0.3 is 0 Å². The number of hydrogen-bond donors (Lipinski definition) is 1. The van der Waals surface area contributed by atoms with Gasteiger partial charge in [-0.2, -0.15) is 5.26 Å². The van der Waals surface area contributed by atoms with E-state index in [1.165, 1.54) is 31.4 Å². The summed E-state index contributed by atoms with van der Waals surface area (Å²) in [6.07, 6.45) is 5.13. The predicted molar refractivity (Wildman–Crippen MR) is 61.6 cm³/mol. The van der Waals surface area contributed by atoms with E-state index in [4.69, 9.17) is 5.26 Å². The normalized spacial score (nSPS) is 14.5. The molecule has 2 nitrogen and oxygen atoms in total. The minimum absolute atomic E-state index is 0.361. The second-order valence-electron chi connectivity index (χ2n) is 4.31. The van der Waals surface area contributed by atoms with Gasteiger partial charge in [0.05, 0.1) is 11.3 Å². The van der Waals surface area contributed by atoms with E-state index >= 15 is 0 Å². The number of rotatable bonds is 5. The Morgan fingerprint density at radius 1 is 1.44 bits per heavy atom. The van der Waals surface area contributed by atoms with Crippen molar-refractivity contribution in [3.05, 3.63) is 29.6 Å². The van der Waals surface area contributed by atoms with Crippen molar-refractivity contribution in [2.45, 2.75) is 25.7 Å². The molecule has 0 atom stereocenters. The molecule has 0 saturated heterocycles. The van der Waals surface area contributed by atoms with Crippen molar-refractivity contribution in [1.29, 1.82) is 5.26 Å². The third kappa shape index (κ3) is 2.96. The van der Waals surface area contributed by atoms with Gasteiger partial charge in [-0.1, -0.05) is 12.8 Å². The fourth-order valence-corrected chi connectivity index (χ4v) is 1.78. The highest BCUT2D eigenvalue weighted by molar-refractivity contribution is 5.57. The first-order valence-electron chi connectivity index (χ1n) is 5.73. The van der Waals surface area contributed by atoms with Gasteiger partial charge in [0, 0.05) is 6.54 Å². The average molecular weight is 218 g/mol. The largest absolute Gasteiger partial charge is 0.384 e. The van der Waals surface area contributed by atoms with Crippen LogP contribution < -0.4 is 5.32 Å². The van der Waals surface area contributed by atoms with Crippen molar-refractivity contribution in [1.82, 2.24) is 0 Å². The van der Waals surface area contributed by atoms with E-state index in [9.17, 15) is 4.39 Å². The molecule has 1 fully saturated rings. The lowest BCUT2D eigenvalue weighted by Gasteiger charge is -2.07. The quantitative estimate of drug-likeness (QED) is 0.770. The molecule has 1 aromatic rings. The van der Waals surface area contributed by atoms with Crippen LogP contribution in [0.4, 0.5) is 10.1 Å². The highest BCUT2D eigenvalue weighted by Crippen LogP contribution is 2.33. The lowest BCUT2D eigenvalue weighted by Crippen LogP contribution is -2.03. The second kappa shape index (κ2) is 4.98. The first-order chi connectivity index (χ1) is 7.79. The smallest absolute Gasteiger partial charge is 0.124 e. The van der Waals surface area contributed by atoms with E-state index in [-0.39, 0.29) is 5.82 Å². The summed E-state index contributed by atoms with van der Waals surface area (Å²) in [5.74, 6) is 0.575. The van der Waals surface area contributed by atoms with E-state index in [0.29, 0.717) is 5.56 Å². The lowest BCUT2D eigenvalue weighted by molar-refractivity contribution is 0.627. The van der Waals surface area contributed by atoms with Crippen molar-refractivity contribution < 1.29 is 4.39 Å². The number of nitriles is 1. The van der Waals surface area contributed by atoms with E-state index in [0.717, 1.165) is 24.6 Å². The van der Waals surface area contributed by atoms with Crippen LogP contribution in [0.5, 0.6) is 0 Å². The third-order valence-corrected chi connectivity index (χ3v) is 2.90. The van der Waals surface area contributed by atoms with Crippen LogP contribution in [0.2, 0.25) is 0 Å². The summed E-state index contributed by atoms with van der Waals surface area (Å²) in [6, 6.07) is 6.27. The first-order valence-corrected chi connectivity index (χ1v) is 5.73. The standard InChI is InChI=1S/C13H15FN2/c14-12-5-6-13(11(8-12)9-15)16-7-1-2-10-3-4-10/h5-6,8,10,16H,1-4,7H2. The summed E-state index contributed by atoms with van der Waals surface area (Å²) in [6.45, 7) is 0.858. The molecule has 0 aliphatic heterocycles. The van der Waals surface area contributed by atoms with Crippen LogP contribution in [-0.2, 0) is 0 Å². The maximum absolute atomic E-state index is 12.9. The number of hydrogen-bond acceptors (Lipinski definition) is 2. The van der Waals surface area contributed by atoms with Gasteiger partial charge in [-0.05, 0) is 37.0 Å². The zero-order valence-corrected chi connectivity index (χ0v) is 9.17. The molecule has 0 amide bonds. The molecule has 1 aromatic carbocycles. The highest BCUT2D eigenvalue weighted by Gasteiger charge is 2.19. The van der Waals surface area contributed by atoms with Gasteiger partial charge in [-0.15, -0.1) is 0 Å². The molecule has 0 radical (unpaired) electrons. The minimum atomic E-state index is -0.361. The van der Waals surface area contributed by atoms with Crippen molar-refractivity contribution in [3.8, 4) is 6.07 Å². The molecule has 2 rings (SSSR count). The third-order valence-electron chi connectivity index (χ3n) is 2.90. The summed E-state index contributed by atoms with van der Waals surface area (Å²) in [5.41, 5.74) is 1.12. The Hall–Kier alpha value is -1.56. The Kier molecular flexibility index (Phi) is 3.40. The zero-order valence-electron chi connectivity index (χ0n) is 9.17. The Balaban J connectivity index is 1.85. The van der Waals surface area contributed by atoms with Gasteiger partial charge in [0.2, 0.25) is 0 Å². The number of anilines is 1. The van der Waals surface area contributed by atoms with Crippen LogP contribution in [0.25, 0.3) is 0 Å². The molecule has 1 N–H and O–H groups in total. The number of nitrogens with one attached hydrogen (secondary N) is 1. The van der Waals surface area contributed by atoms with Crippen LogP contribution >= 0.6 is 0 Å². The summed E-state index contributed by atoms with van der Waals surface area (Å²) in [5, 5.41) is 12.0. The SMILES string of the molecule is N#Cc1cc(F)ccc1NCCCC1CC1. The number of halogens is 1. The van der Waals surface area contributed by atoms with Gasteiger partial charge in [0.1, 0.15) is 11.9 Å². The monoisotopic (exact) mass is 218 g/mol. The molecular weight excluding hydrogens is 203 g/mol. The van der Waals surface area contributed by atoms with Gasteiger partial charge < -0.3 is 5.32 Å². The number of nitrogens with zero attached hydrogens (tertiary/aromatic N) is 1. The summed E-state index contributed by atoms with van der Waals surface area (Å²) in [7, 11) is 0. The van der Waals surface area contributed by atoms with E-state index in [1.807, 2.05) is 6.07 Å². The molecule has 1 aliphatic carbocycles. The summed E-state index contributed by atoms with van der Waals surface area (Å²) in [4.78, 5) is 0. The molecule has 0 unspecified atom stereocenters. The van der Waals surface area contributed by atoms with Crippen molar-refractivity contribution in [2.24, 2.45) is 5.92 Å². The molecule has 0 bridgehead atoms. The van der Waals surface area contributed by atoms with E-state index < -0.39 is 0 Å². The van der Waals surface area contributed by atoms with Gasteiger partial charge in [-0.25, -0.2) is 4.39 Å². The molecule has 0 heterocycles. The number of benzene rings is 1. The minimum Gasteiger partial charge on any atom is -0.384 e. The first kappa shape index (κ1) is 10.9. The van der Waals surface area contributed by atoms with Crippen LogP contribution in [-0.4, -0.2) is 6.54 Å². The van der Waals surface area contributed by atoms with E-state index in [1.54, 1.807) is 6.07 Å². The van der Waals surface area contributed by atoms with Crippen molar-refractivity contribution in [2.75, 3.05) is 11.9 Å². The molecule has 1 saturated carbocycles. The average Bonchev–Trinajstić information content (AvgIpc) is 3.09. The van der Waals surface area contributed by atoms with Crippen LogP contribution in [0, 0.1) is 23.1 Å².